The van der Waals surface area contributed by atoms with Crippen LogP contribution in [0.4, 0.5) is 0 Å². The quantitative estimate of drug-likeness (QED) is 0.866. The van der Waals surface area contributed by atoms with Crippen molar-refractivity contribution in [1.29, 1.82) is 0 Å². The van der Waals surface area contributed by atoms with E-state index in [1.54, 1.807) is 13.2 Å². The van der Waals surface area contributed by atoms with Gasteiger partial charge in [0, 0.05) is 5.56 Å². The standard InChI is InChI=1S/C14H14O5/c1-17-12-4-2-3-10(7-12)8-18-9-11-5-6-19-13(11)14(15)16/h2-7H,8-9H2,1H3,(H,15,16). The molecule has 2 aromatic rings. The minimum absolute atomic E-state index is 0.0781. The van der Waals surface area contributed by atoms with Crippen LogP contribution >= 0.6 is 0 Å². The summed E-state index contributed by atoms with van der Waals surface area (Å²) in [5.74, 6) is -0.411. The first-order valence-corrected chi connectivity index (χ1v) is 5.71. The smallest absolute Gasteiger partial charge is 0.372 e. The third kappa shape index (κ3) is 3.35. The first kappa shape index (κ1) is 13.2. The van der Waals surface area contributed by atoms with Crippen molar-refractivity contribution >= 4 is 5.97 Å². The molecule has 5 nitrogen and oxygen atoms in total. The third-order valence-electron chi connectivity index (χ3n) is 2.60. The largest absolute Gasteiger partial charge is 0.497 e. The zero-order valence-corrected chi connectivity index (χ0v) is 10.5. The van der Waals surface area contributed by atoms with Crippen LogP contribution in [0.1, 0.15) is 21.7 Å². The molecule has 0 aliphatic rings. The van der Waals surface area contributed by atoms with Crippen molar-refractivity contribution in [3.8, 4) is 5.75 Å². The van der Waals surface area contributed by atoms with Gasteiger partial charge in [-0.05, 0) is 23.8 Å². The molecule has 0 fully saturated rings. The van der Waals surface area contributed by atoms with E-state index in [4.69, 9.17) is 19.0 Å². The fourth-order valence-electron chi connectivity index (χ4n) is 1.68. The first-order chi connectivity index (χ1) is 9.20. The summed E-state index contributed by atoms with van der Waals surface area (Å²) in [6.07, 6.45) is 1.34. The Kier molecular flexibility index (Phi) is 4.20. The third-order valence-corrected chi connectivity index (χ3v) is 2.60. The zero-order valence-electron chi connectivity index (χ0n) is 10.5. The number of furan rings is 1. The maximum absolute atomic E-state index is 10.8. The van der Waals surface area contributed by atoms with E-state index in [9.17, 15) is 4.79 Å². The molecule has 100 valence electrons. The summed E-state index contributed by atoms with van der Waals surface area (Å²) < 4.78 is 15.5. The Morgan fingerprint density at radius 3 is 2.89 bits per heavy atom. The van der Waals surface area contributed by atoms with Crippen molar-refractivity contribution in [1.82, 2.24) is 0 Å². The highest BCUT2D eigenvalue weighted by Gasteiger charge is 2.13. The highest BCUT2D eigenvalue weighted by molar-refractivity contribution is 5.85. The topological polar surface area (TPSA) is 68.9 Å². The molecule has 0 unspecified atom stereocenters. The van der Waals surface area contributed by atoms with Gasteiger partial charge in [0.15, 0.2) is 0 Å². The lowest BCUT2D eigenvalue weighted by molar-refractivity contribution is 0.0646. The van der Waals surface area contributed by atoms with Gasteiger partial charge in [-0.2, -0.15) is 0 Å². The van der Waals surface area contributed by atoms with E-state index in [1.807, 2.05) is 24.3 Å². The van der Waals surface area contributed by atoms with E-state index >= 15 is 0 Å². The van der Waals surface area contributed by atoms with Gasteiger partial charge in [0.25, 0.3) is 0 Å². The second-order valence-corrected chi connectivity index (χ2v) is 3.92. The van der Waals surface area contributed by atoms with E-state index in [2.05, 4.69) is 0 Å². The lowest BCUT2D eigenvalue weighted by Gasteiger charge is -2.05. The van der Waals surface area contributed by atoms with Crippen LogP contribution in [0.15, 0.2) is 41.0 Å². The number of rotatable bonds is 6. The predicted molar refractivity (Wildman–Crippen MR) is 67.2 cm³/mol. The SMILES string of the molecule is COc1cccc(COCc2ccoc2C(=O)O)c1. The summed E-state index contributed by atoms with van der Waals surface area (Å²) in [6.45, 7) is 0.566. The molecule has 1 N–H and O–H groups in total. The van der Waals surface area contributed by atoms with E-state index < -0.39 is 5.97 Å². The summed E-state index contributed by atoms with van der Waals surface area (Å²) in [4.78, 5) is 10.8. The van der Waals surface area contributed by atoms with Gasteiger partial charge in [-0.25, -0.2) is 4.79 Å². The predicted octanol–water partition coefficient (Wildman–Crippen LogP) is 2.70. The second-order valence-electron chi connectivity index (χ2n) is 3.92. The Hall–Kier alpha value is -2.27. The van der Waals surface area contributed by atoms with E-state index in [0.717, 1.165) is 11.3 Å². The monoisotopic (exact) mass is 262 g/mol. The maximum atomic E-state index is 10.8. The van der Waals surface area contributed by atoms with Crippen LogP contribution in [-0.4, -0.2) is 18.2 Å². The fourth-order valence-corrected chi connectivity index (χ4v) is 1.68. The maximum Gasteiger partial charge on any atom is 0.372 e. The normalized spacial score (nSPS) is 10.4. The Bertz CT molecular complexity index is 558. The van der Waals surface area contributed by atoms with Crippen LogP contribution in [0, 0.1) is 0 Å². The Morgan fingerprint density at radius 2 is 2.16 bits per heavy atom. The van der Waals surface area contributed by atoms with E-state index in [0.29, 0.717) is 12.2 Å². The van der Waals surface area contributed by atoms with Crippen molar-refractivity contribution in [2.24, 2.45) is 0 Å². The van der Waals surface area contributed by atoms with Crippen molar-refractivity contribution in [2.45, 2.75) is 13.2 Å². The van der Waals surface area contributed by atoms with Gasteiger partial charge < -0.3 is 19.0 Å². The van der Waals surface area contributed by atoms with Crippen molar-refractivity contribution in [2.75, 3.05) is 7.11 Å². The minimum atomic E-state index is -1.09. The highest BCUT2D eigenvalue weighted by atomic mass is 16.5. The first-order valence-electron chi connectivity index (χ1n) is 5.71. The number of benzene rings is 1. The summed E-state index contributed by atoms with van der Waals surface area (Å²) in [6, 6.07) is 9.10. The molecule has 0 atom stereocenters. The summed E-state index contributed by atoms with van der Waals surface area (Å²) in [5, 5.41) is 8.87. The number of carboxylic acid groups (broad SMARTS) is 1. The molecule has 0 saturated carbocycles. The molecule has 1 heterocycles. The van der Waals surface area contributed by atoms with Gasteiger partial charge in [-0.1, -0.05) is 12.1 Å². The molecule has 0 aliphatic heterocycles. The average Bonchev–Trinajstić information content (AvgIpc) is 2.87. The van der Waals surface area contributed by atoms with Gasteiger partial charge in [-0.3, -0.25) is 0 Å². The zero-order chi connectivity index (χ0) is 13.7. The molecular weight excluding hydrogens is 248 g/mol. The number of hydrogen-bond acceptors (Lipinski definition) is 4. The summed E-state index contributed by atoms with van der Waals surface area (Å²) >= 11 is 0. The number of hydrogen-bond donors (Lipinski definition) is 1. The van der Waals surface area contributed by atoms with Gasteiger partial charge >= 0.3 is 5.97 Å². The molecule has 0 bridgehead atoms. The van der Waals surface area contributed by atoms with Crippen LogP contribution in [0.2, 0.25) is 0 Å². The molecule has 0 aliphatic carbocycles. The van der Waals surface area contributed by atoms with Crippen LogP contribution in [0.25, 0.3) is 0 Å². The van der Waals surface area contributed by atoms with Crippen LogP contribution in [-0.2, 0) is 18.0 Å². The highest BCUT2D eigenvalue weighted by Crippen LogP contribution is 2.16. The van der Waals surface area contributed by atoms with Gasteiger partial charge in [0.05, 0.1) is 26.6 Å². The molecule has 19 heavy (non-hydrogen) atoms. The molecule has 5 heteroatoms. The molecule has 0 saturated heterocycles. The molecule has 0 radical (unpaired) electrons. The number of carbonyl (C=O) groups is 1. The van der Waals surface area contributed by atoms with Crippen molar-refractivity contribution in [3.05, 3.63) is 53.5 Å². The van der Waals surface area contributed by atoms with E-state index in [1.165, 1.54) is 6.26 Å². The number of ether oxygens (including phenoxy) is 2. The molecule has 1 aromatic carbocycles. The molecular formula is C14H14O5. The lowest BCUT2D eigenvalue weighted by atomic mass is 10.2. The lowest BCUT2D eigenvalue weighted by Crippen LogP contribution is -2.01. The van der Waals surface area contributed by atoms with Crippen molar-refractivity contribution in [3.63, 3.8) is 0 Å². The Morgan fingerprint density at radius 1 is 1.32 bits per heavy atom. The molecule has 0 amide bonds. The summed E-state index contributed by atoms with van der Waals surface area (Å²) in [5.41, 5.74) is 1.48. The molecule has 2 rings (SSSR count). The van der Waals surface area contributed by atoms with Crippen molar-refractivity contribution < 1.29 is 23.8 Å². The van der Waals surface area contributed by atoms with Crippen LogP contribution in [0.5, 0.6) is 5.75 Å². The van der Waals surface area contributed by atoms with Gasteiger partial charge in [0.1, 0.15) is 5.75 Å². The fraction of sp³-hybridized carbons (Fsp3) is 0.214. The number of methoxy groups -OCH3 is 1. The molecule has 1 aromatic heterocycles. The van der Waals surface area contributed by atoms with Crippen LogP contribution < -0.4 is 4.74 Å². The minimum Gasteiger partial charge on any atom is -0.497 e. The Labute approximate surface area is 110 Å². The second kappa shape index (κ2) is 6.06. The Balaban J connectivity index is 1.92. The van der Waals surface area contributed by atoms with Gasteiger partial charge in [0.2, 0.25) is 5.76 Å². The summed E-state index contributed by atoms with van der Waals surface area (Å²) in [7, 11) is 1.60. The van der Waals surface area contributed by atoms with Crippen LogP contribution in [0.3, 0.4) is 0 Å². The molecule has 0 spiro atoms. The number of carboxylic acids is 1. The average molecular weight is 262 g/mol. The number of aromatic carboxylic acids is 1. The van der Waals surface area contributed by atoms with E-state index in [-0.39, 0.29) is 12.4 Å². The van der Waals surface area contributed by atoms with Gasteiger partial charge in [-0.15, -0.1) is 0 Å².